The van der Waals surface area contributed by atoms with E-state index in [-0.39, 0.29) is 11.2 Å². The number of thioether (sulfide) groups is 1. The van der Waals surface area contributed by atoms with Crippen LogP contribution in [0.1, 0.15) is 49.8 Å². The summed E-state index contributed by atoms with van der Waals surface area (Å²) in [6.45, 7) is 3.43. The van der Waals surface area contributed by atoms with Crippen molar-refractivity contribution in [1.29, 1.82) is 0 Å². The lowest BCUT2D eigenvalue weighted by Crippen LogP contribution is -2.40. The van der Waals surface area contributed by atoms with Gasteiger partial charge in [0.25, 0.3) is 0 Å². The molecular weight excluding hydrogens is 440 g/mol. The van der Waals surface area contributed by atoms with Crippen LogP contribution in [0.2, 0.25) is 5.02 Å². The Hall–Kier alpha value is -2.31. The van der Waals surface area contributed by atoms with Gasteiger partial charge < -0.3 is 4.90 Å². The largest absolute Gasteiger partial charge is 0.337 e. The van der Waals surface area contributed by atoms with Gasteiger partial charge in [-0.25, -0.2) is 0 Å². The predicted molar refractivity (Wildman–Crippen MR) is 129 cm³/mol. The molecule has 3 aromatic rings. The summed E-state index contributed by atoms with van der Waals surface area (Å²) in [7, 11) is 0. The number of nitrogens with zero attached hydrogens (tertiary/aromatic N) is 4. The number of hydrogen-bond acceptors (Lipinski definition) is 4. The third kappa shape index (κ3) is 4.18. The van der Waals surface area contributed by atoms with Gasteiger partial charge in [0.1, 0.15) is 0 Å². The lowest BCUT2D eigenvalue weighted by atomic mass is 10.00. The lowest BCUT2D eigenvalue weighted by Gasteiger charge is -2.30. The standard InChI is InChI=1S/C25H27ClN4OS/c1-17(24(31)29-15-14-18-8-2-3-9-19(18)16-29)32-25-28-27-23(21-12-6-7-13-22(21)26)30(25)20-10-4-5-11-20/h2-3,6-9,12-13,17,20H,4-5,10-11,14-16H2,1H3/t17-/m1/s1. The second-order valence-corrected chi connectivity index (χ2v) is 10.3. The molecule has 1 aliphatic heterocycles. The molecule has 32 heavy (non-hydrogen) atoms. The van der Waals surface area contributed by atoms with Crippen LogP contribution < -0.4 is 0 Å². The quantitative estimate of drug-likeness (QED) is 0.447. The Labute approximate surface area is 198 Å². The zero-order valence-corrected chi connectivity index (χ0v) is 19.8. The number of hydrogen-bond donors (Lipinski definition) is 0. The zero-order valence-electron chi connectivity index (χ0n) is 18.2. The first-order valence-electron chi connectivity index (χ1n) is 11.3. The fourth-order valence-corrected chi connectivity index (χ4v) is 6.05. The number of rotatable bonds is 5. The summed E-state index contributed by atoms with van der Waals surface area (Å²) in [6, 6.07) is 16.5. The van der Waals surface area contributed by atoms with Crippen molar-refractivity contribution in [3.8, 4) is 11.4 Å². The summed E-state index contributed by atoms with van der Waals surface area (Å²) in [6.07, 6.45) is 5.53. The minimum absolute atomic E-state index is 0.157. The highest BCUT2D eigenvalue weighted by molar-refractivity contribution is 8.00. The van der Waals surface area contributed by atoms with E-state index in [1.165, 1.54) is 35.7 Å². The molecule has 2 heterocycles. The summed E-state index contributed by atoms with van der Waals surface area (Å²) < 4.78 is 2.23. The van der Waals surface area contributed by atoms with E-state index in [1.807, 2.05) is 42.2 Å². The first-order valence-corrected chi connectivity index (χ1v) is 12.6. The van der Waals surface area contributed by atoms with Crippen molar-refractivity contribution < 1.29 is 4.79 Å². The van der Waals surface area contributed by atoms with Crippen LogP contribution in [0.4, 0.5) is 0 Å². The Morgan fingerprint density at radius 3 is 2.56 bits per heavy atom. The molecule has 0 saturated heterocycles. The number of benzene rings is 2. The summed E-state index contributed by atoms with van der Waals surface area (Å²) in [5.41, 5.74) is 3.49. The van der Waals surface area contributed by atoms with Crippen LogP contribution >= 0.6 is 23.4 Å². The van der Waals surface area contributed by atoms with Gasteiger partial charge in [0.05, 0.1) is 10.3 Å². The highest BCUT2D eigenvalue weighted by Gasteiger charge is 2.30. The fraction of sp³-hybridized carbons (Fsp3) is 0.400. The van der Waals surface area contributed by atoms with E-state index in [9.17, 15) is 4.79 Å². The maximum atomic E-state index is 13.3. The van der Waals surface area contributed by atoms with Gasteiger partial charge in [0, 0.05) is 24.7 Å². The van der Waals surface area contributed by atoms with Gasteiger partial charge in [-0.1, -0.05) is 72.6 Å². The smallest absolute Gasteiger partial charge is 0.236 e. The highest BCUT2D eigenvalue weighted by Crippen LogP contribution is 2.39. The van der Waals surface area contributed by atoms with Crippen molar-refractivity contribution >= 4 is 29.3 Å². The highest BCUT2D eigenvalue weighted by atomic mass is 35.5. The number of carbonyl (C=O) groups excluding carboxylic acids is 1. The van der Waals surface area contributed by atoms with Crippen LogP contribution in [0, 0.1) is 0 Å². The minimum Gasteiger partial charge on any atom is -0.337 e. The van der Waals surface area contributed by atoms with E-state index >= 15 is 0 Å². The first-order chi connectivity index (χ1) is 15.6. The Morgan fingerprint density at radius 1 is 1.06 bits per heavy atom. The molecule has 1 aromatic heterocycles. The molecule has 0 N–H and O–H groups in total. The number of halogens is 1. The third-order valence-electron chi connectivity index (χ3n) is 6.54. The lowest BCUT2D eigenvalue weighted by molar-refractivity contribution is -0.131. The second-order valence-electron chi connectivity index (χ2n) is 8.63. The van der Waals surface area contributed by atoms with E-state index in [0.717, 1.165) is 42.4 Å². The topological polar surface area (TPSA) is 51.0 Å². The van der Waals surface area contributed by atoms with Gasteiger partial charge in [-0.05, 0) is 49.4 Å². The monoisotopic (exact) mass is 466 g/mol. The summed E-state index contributed by atoms with van der Waals surface area (Å²) in [5.74, 6) is 0.960. The maximum Gasteiger partial charge on any atom is 0.236 e. The molecule has 1 fully saturated rings. The van der Waals surface area contributed by atoms with Crippen LogP contribution in [0.25, 0.3) is 11.4 Å². The van der Waals surface area contributed by atoms with E-state index in [0.29, 0.717) is 17.6 Å². The molecule has 0 spiro atoms. The normalized spacial score (nSPS) is 17.4. The molecule has 0 radical (unpaired) electrons. The molecular formula is C25H27ClN4OS. The number of amides is 1. The Bertz CT molecular complexity index is 1120. The van der Waals surface area contributed by atoms with Crippen molar-refractivity contribution in [3.05, 3.63) is 64.7 Å². The SMILES string of the molecule is C[C@@H](Sc1nnc(-c2ccccc2Cl)n1C1CCCC1)C(=O)N1CCc2ccccc2C1. The van der Waals surface area contributed by atoms with Crippen molar-refractivity contribution in [2.45, 2.75) is 62.0 Å². The van der Waals surface area contributed by atoms with E-state index in [2.05, 4.69) is 33.0 Å². The summed E-state index contributed by atoms with van der Waals surface area (Å²) in [4.78, 5) is 15.3. The van der Waals surface area contributed by atoms with Gasteiger partial charge in [0.15, 0.2) is 11.0 Å². The van der Waals surface area contributed by atoms with Crippen LogP contribution in [0.5, 0.6) is 0 Å². The van der Waals surface area contributed by atoms with Gasteiger partial charge in [-0.15, -0.1) is 10.2 Å². The van der Waals surface area contributed by atoms with Gasteiger partial charge in [-0.2, -0.15) is 0 Å². The maximum absolute atomic E-state index is 13.3. The molecule has 1 amide bonds. The van der Waals surface area contributed by atoms with Gasteiger partial charge in [0.2, 0.25) is 5.91 Å². The number of aromatic nitrogens is 3. The Kier molecular flexibility index (Phi) is 6.24. The average molecular weight is 467 g/mol. The fourth-order valence-electron chi connectivity index (χ4n) is 4.82. The number of carbonyl (C=O) groups is 1. The molecule has 0 unspecified atom stereocenters. The van der Waals surface area contributed by atoms with Gasteiger partial charge >= 0.3 is 0 Å². The Balaban J connectivity index is 1.39. The summed E-state index contributed by atoms with van der Waals surface area (Å²) in [5, 5.41) is 10.3. The average Bonchev–Trinajstić information content (AvgIpc) is 3.48. The summed E-state index contributed by atoms with van der Waals surface area (Å²) >= 11 is 8.01. The minimum atomic E-state index is -0.233. The van der Waals surface area contributed by atoms with Crippen LogP contribution in [-0.2, 0) is 17.8 Å². The van der Waals surface area contributed by atoms with Crippen LogP contribution in [0.3, 0.4) is 0 Å². The molecule has 2 aromatic carbocycles. The molecule has 5 nitrogen and oxygen atoms in total. The van der Waals surface area contributed by atoms with Crippen LogP contribution in [-0.4, -0.2) is 37.4 Å². The molecule has 7 heteroatoms. The molecule has 1 atom stereocenters. The van der Waals surface area contributed by atoms with Crippen LogP contribution in [0.15, 0.2) is 53.7 Å². The third-order valence-corrected chi connectivity index (χ3v) is 7.92. The molecule has 166 valence electrons. The molecule has 1 aliphatic carbocycles. The van der Waals surface area contributed by atoms with Crippen molar-refractivity contribution in [1.82, 2.24) is 19.7 Å². The van der Waals surface area contributed by atoms with Crippen molar-refractivity contribution in [2.75, 3.05) is 6.54 Å². The second kappa shape index (κ2) is 9.28. The molecule has 5 rings (SSSR count). The predicted octanol–water partition coefficient (Wildman–Crippen LogP) is 5.78. The molecule has 2 aliphatic rings. The zero-order chi connectivity index (χ0) is 22.1. The molecule has 1 saturated carbocycles. The molecule has 0 bridgehead atoms. The van der Waals surface area contributed by atoms with E-state index < -0.39 is 0 Å². The van der Waals surface area contributed by atoms with E-state index in [1.54, 1.807) is 0 Å². The van der Waals surface area contributed by atoms with E-state index in [4.69, 9.17) is 11.6 Å². The van der Waals surface area contributed by atoms with Crippen molar-refractivity contribution in [3.63, 3.8) is 0 Å². The number of fused-ring (bicyclic) bond motifs is 1. The van der Waals surface area contributed by atoms with Crippen molar-refractivity contribution in [2.24, 2.45) is 0 Å². The Morgan fingerprint density at radius 2 is 1.78 bits per heavy atom. The van der Waals surface area contributed by atoms with Gasteiger partial charge in [-0.3, -0.25) is 9.36 Å². The first kappa shape index (κ1) is 21.5.